The number of anilines is 2. The highest BCUT2D eigenvalue weighted by Crippen LogP contribution is 2.13. The van der Waals surface area contributed by atoms with Crippen LogP contribution < -0.4 is 11.1 Å². The first-order valence-electron chi connectivity index (χ1n) is 8.42. The molecule has 1 aromatic carbocycles. The van der Waals surface area contributed by atoms with E-state index in [2.05, 4.69) is 18.3 Å². The Hall–Kier alpha value is -1.18. The molecule has 0 unspecified atom stereocenters. The van der Waals surface area contributed by atoms with Crippen LogP contribution in [0.15, 0.2) is 24.3 Å². The lowest BCUT2D eigenvalue weighted by Gasteiger charge is -2.07. The number of rotatable bonds is 12. The Morgan fingerprint density at radius 2 is 1.45 bits per heavy atom. The molecule has 0 bridgehead atoms. The van der Waals surface area contributed by atoms with Crippen molar-refractivity contribution in [3.05, 3.63) is 24.3 Å². The van der Waals surface area contributed by atoms with Crippen LogP contribution in [0.25, 0.3) is 0 Å². The summed E-state index contributed by atoms with van der Waals surface area (Å²) in [6.45, 7) is 3.33. The predicted molar refractivity (Wildman–Crippen MR) is 91.2 cm³/mol. The van der Waals surface area contributed by atoms with E-state index in [0.29, 0.717) is 0 Å². The van der Waals surface area contributed by atoms with Crippen LogP contribution in [-0.2, 0) is 0 Å². The van der Waals surface area contributed by atoms with Gasteiger partial charge in [0.1, 0.15) is 0 Å². The summed E-state index contributed by atoms with van der Waals surface area (Å²) in [5, 5.41) is 3.43. The minimum atomic E-state index is 0.832. The van der Waals surface area contributed by atoms with Gasteiger partial charge in [-0.25, -0.2) is 0 Å². The molecular weight excluding hydrogens is 244 g/mol. The van der Waals surface area contributed by atoms with Gasteiger partial charge in [0.25, 0.3) is 0 Å². The van der Waals surface area contributed by atoms with Crippen LogP contribution in [0.2, 0.25) is 0 Å². The average molecular weight is 276 g/mol. The maximum Gasteiger partial charge on any atom is 0.0360 e. The van der Waals surface area contributed by atoms with Crippen LogP contribution in [-0.4, -0.2) is 6.54 Å². The van der Waals surface area contributed by atoms with Crippen molar-refractivity contribution >= 4 is 11.4 Å². The van der Waals surface area contributed by atoms with Gasteiger partial charge in [-0.1, -0.05) is 70.8 Å². The number of unbranched alkanes of at least 4 members (excludes halogenated alkanes) is 9. The molecule has 0 radical (unpaired) electrons. The minimum absolute atomic E-state index is 0.832. The fourth-order valence-electron chi connectivity index (χ4n) is 2.49. The second-order valence-corrected chi connectivity index (χ2v) is 5.73. The van der Waals surface area contributed by atoms with Gasteiger partial charge in [-0.05, 0) is 24.6 Å². The molecule has 0 aliphatic carbocycles. The monoisotopic (exact) mass is 276 g/mol. The average Bonchev–Trinajstić information content (AvgIpc) is 2.45. The van der Waals surface area contributed by atoms with E-state index in [9.17, 15) is 0 Å². The van der Waals surface area contributed by atoms with Crippen LogP contribution in [0.5, 0.6) is 0 Å². The van der Waals surface area contributed by atoms with Gasteiger partial charge in [-0.2, -0.15) is 0 Å². The number of nitrogens with one attached hydrogen (secondary N) is 1. The summed E-state index contributed by atoms with van der Waals surface area (Å²) in [7, 11) is 0. The molecule has 0 fully saturated rings. The summed E-state index contributed by atoms with van der Waals surface area (Å²) in [6.07, 6.45) is 13.9. The van der Waals surface area contributed by atoms with Crippen molar-refractivity contribution in [2.75, 3.05) is 17.6 Å². The first-order valence-corrected chi connectivity index (χ1v) is 8.42. The number of nitrogen functional groups attached to an aromatic ring is 1. The molecule has 2 nitrogen and oxygen atoms in total. The Labute approximate surface area is 125 Å². The van der Waals surface area contributed by atoms with E-state index in [4.69, 9.17) is 5.73 Å². The molecule has 0 heterocycles. The van der Waals surface area contributed by atoms with Crippen molar-refractivity contribution in [2.24, 2.45) is 0 Å². The van der Waals surface area contributed by atoms with E-state index in [-0.39, 0.29) is 0 Å². The molecule has 0 saturated heterocycles. The summed E-state index contributed by atoms with van der Waals surface area (Å²) in [5.74, 6) is 0. The molecule has 1 rings (SSSR count). The van der Waals surface area contributed by atoms with Crippen LogP contribution >= 0.6 is 0 Å². The Balaban J connectivity index is 1.85. The van der Waals surface area contributed by atoms with Gasteiger partial charge < -0.3 is 11.1 Å². The molecule has 2 heteroatoms. The van der Waals surface area contributed by atoms with Crippen molar-refractivity contribution in [3.8, 4) is 0 Å². The van der Waals surface area contributed by atoms with Gasteiger partial charge in [0, 0.05) is 17.9 Å². The van der Waals surface area contributed by atoms with Gasteiger partial charge in [0.2, 0.25) is 0 Å². The Kier molecular flexibility index (Phi) is 9.81. The van der Waals surface area contributed by atoms with Crippen molar-refractivity contribution in [1.82, 2.24) is 0 Å². The highest BCUT2D eigenvalue weighted by Gasteiger charge is 1.94. The smallest absolute Gasteiger partial charge is 0.0360 e. The minimum Gasteiger partial charge on any atom is -0.399 e. The van der Waals surface area contributed by atoms with E-state index in [1.807, 2.05) is 18.2 Å². The number of hydrogen-bond acceptors (Lipinski definition) is 2. The zero-order chi connectivity index (χ0) is 14.5. The lowest BCUT2D eigenvalue weighted by atomic mass is 10.1. The quantitative estimate of drug-likeness (QED) is 0.385. The normalized spacial score (nSPS) is 10.7. The fraction of sp³-hybridized carbons (Fsp3) is 0.667. The van der Waals surface area contributed by atoms with E-state index >= 15 is 0 Å². The van der Waals surface area contributed by atoms with E-state index < -0.39 is 0 Å². The number of nitrogens with two attached hydrogens (primary N) is 1. The highest BCUT2D eigenvalue weighted by atomic mass is 14.9. The highest BCUT2D eigenvalue weighted by molar-refractivity contribution is 5.53. The van der Waals surface area contributed by atoms with Crippen molar-refractivity contribution < 1.29 is 0 Å². The SMILES string of the molecule is CCCCCCCCCCCCNc1cccc(N)c1. The molecule has 1 aromatic rings. The fourth-order valence-corrected chi connectivity index (χ4v) is 2.49. The van der Waals surface area contributed by atoms with Crippen molar-refractivity contribution in [1.29, 1.82) is 0 Å². The van der Waals surface area contributed by atoms with Crippen LogP contribution in [0.1, 0.15) is 71.1 Å². The third-order valence-corrected chi connectivity index (χ3v) is 3.75. The second-order valence-electron chi connectivity index (χ2n) is 5.73. The predicted octanol–water partition coefficient (Wildman–Crippen LogP) is 5.60. The lowest BCUT2D eigenvalue weighted by molar-refractivity contribution is 0.560. The summed E-state index contributed by atoms with van der Waals surface area (Å²) in [6, 6.07) is 7.99. The molecule has 0 saturated carbocycles. The van der Waals surface area contributed by atoms with Crippen LogP contribution in [0.3, 0.4) is 0 Å². The van der Waals surface area contributed by atoms with Gasteiger partial charge in [0.05, 0.1) is 0 Å². The molecule has 0 amide bonds. The molecule has 0 spiro atoms. The Morgan fingerprint density at radius 3 is 2.05 bits per heavy atom. The van der Waals surface area contributed by atoms with Crippen LogP contribution in [0.4, 0.5) is 11.4 Å². The van der Waals surface area contributed by atoms with Gasteiger partial charge in [0.15, 0.2) is 0 Å². The van der Waals surface area contributed by atoms with Gasteiger partial charge in [-0.3, -0.25) is 0 Å². The number of hydrogen-bond donors (Lipinski definition) is 2. The molecule has 0 aliphatic rings. The summed E-state index contributed by atoms with van der Waals surface area (Å²) < 4.78 is 0. The summed E-state index contributed by atoms with van der Waals surface area (Å²) in [5.41, 5.74) is 7.72. The zero-order valence-corrected chi connectivity index (χ0v) is 13.2. The molecule has 0 atom stereocenters. The maximum atomic E-state index is 5.75. The maximum absolute atomic E-state index is 5.75. The second kappa shape index (κ2) is 11.6. The molecular formula is C18H32N2. The topological polar surface area (TPSA) is 38.0 Å². The van der Waals surface area contributed by atoms with Gasteiger partial charge in [-0.15, -0.1) is 0 Å². The van der Waals surface area contributed by atoms with Crippen molar-refractivity contribution in [2.45, 2.75) is 71.1 Å². The third-order valence-electron chi connectivity index (χ3n) is 3.75. The van der Waals surface area contributed by atoms with Gasteiger partial charge >= 0.3 is 0 Å². The van der Waals surface area contributed by atoms with Crippen LogP contribution in [0, 0.1) is 0 Å². The van der Waals surface area contributed by atoms with Crippen molar-refractivity contribution in [3.63, 3.8) is 0 Å². The molecule has 0 aliphatic heterocycles. The summed E-state index contributed by atoms with van der Waals surface area (Å²) in [4.78, 5) is 0. The largest absolute Gasteiger partial charge is 0.399 e. The standard InChI is InChI=1S/C18H32N2/c1-2-3-4-5-6-7-8-9-10-11-15-20-18-14-12-13-17(19)16-18/h12-14,16,20H,2-11,15,19H2,1H3. The van der Waals surface area contributed by atoms with E-state index in [1.54, 1.807) is 0 Å². The first-order chi connectivity index (χ1) is 9.83. The number of benzene rings is 1. The summed E-state index contributed by atoms with van der Waals surface area (Å²) >= 11 is 0. The molecule has 114 valence electrons. The van der Waals surface area contributed by atoms with E-state index in [0.717, 1.165) is 17.9 Å². The molecule has 0 aromatic heterocycles. The lowest BCUT2D eigenvalue weighted by Crippen LogP contribution is -2.01. The molecule has 3 N–H and O–H groups in total. The third kappa shape index (κ3) is 8.84. The Morgan fingerprint density at radius 1 is 0.850 bits per heavy atom. The zero-order valence-electron chi connectivity index (χ0n) is 13.2. The Bertz CT molecular complexity index is 336. The molecule has 20 heavy (non-hydrogen) atoms. The van der Waals surface area contributed by atoms with E-state index in [1.165, 1.54) is 64.2 Å². The first kappa shape index (κ1) is 16.9.